The van der Waals surface area contributed by atoms with Gasteiger partial charge in [-0.2, -0.15) is 0 Å². The van der Waals surface area contributed by atoms with Crippen molar-refractivity contribution in [3.8, 4) is 0 Å². The fourth-order valence-corrected chi connectivity index (χ4v) is 1.38. The lowest BCUT2D eigenvalue weighted by Gasteiger charge is -2.28. The number of likely N-dealkylation sites (tertiary alicyclic amines) is 1. The Kier molecular flexibility index (Phi) is 3.25. The Morgan fingerprint density at radius 2 is 2.23 bits per heavy atom. The van der Waals surface area contributed by atoms with E-state index < -0.39 is 11.9 Å². The minimum atomic E-state index is -0.734. The first-order valence-electron chi connectivity index (χ1n) is 4.44. The van der Waals surface area contributed by atoms with E-state index in [4.69, 9.17) is 11.5 Å². The zero-order valence-electron chi connectivity index (χ0n) is 7.53. The molecule has 0 aromatic rings. The van der Waals surface area contributed by atoms with Crippen LogP contribution in [0.1, 0.15) is 19.3 Å². The van der Waals surface area contributed by atoms with Crippen LogP contribution in [-0.2, 0) is 9.59 Å². The highest BCUT2D eigenvalue weighted by Gasteiger charge is 2.21. The van der Waals surface area contributed by atoms with Crippen LogP contribution in [0, 0.1) is 0 Å². The van der Waals surface area contributed by atoms with E-state index in [9.17, 15) is 9.59 Å². The van der Waals surface area contributed by atoms with Gasteiger partial charge in [0.25, 0.3) is 0 Å². The Morgan fingerprint density at radius 3 is 2.77 bits per heavy atom. The summed E-state index contributed by atoms with van der Waals surface area (Å²) in [5.74, 6) is -0.485. The van der Waals surface area contributed by atoms with E-state index in [1.807, 2.05) is 0 Å². The molecule has 2 amide bonds. The molecule has 1 rings (SSSR count). The maximum absolute atomic E-state index is 11.3. The van der Waals surface area contributed by atoms with Gasteiger partial charge in [0.1, 0.15) is 6.04 Å². The van der Waals surface area contributed by atoms with Gasteiger partial charge in [-0.3, -0.25) is 9.59 Å². The van der Waals surface area contributed by atoms with Gasteiger partial charge in [-0.05, 0) is 12.8 Å². The predicted octanol–water partition coefficient (Wildman–Crippen LogP) is -1.19. The molecule has 0 aromatic heterocycles. The van der Waals surface area contributed by atoms with Crippen LogP contribution in [-0.4, -0.2) is 35.8 Å². The number of nitrogens with zero attached hydrogens (tertiary/aromatic N) is 1. The average Bonchev–Trinajstić information content (AvgIpc) is 2.08. The molecule has 1 aliphatic heterocycles. The average molecular weight is 185 g/mol. The van der Waals surface area contributed by atoms with Crippen molar-refractivity contribution in [3.05, 3.63) is 0 Å². The number of hydrogen-bond acceptors (Lipinski definition) is 3. The third-order valence-corrected chi connectivity index (χ3v) is 2.20. The van der Waals surface area contributed by atoms with Crippen molar-refractivity contribution in [2.24, 2.45) is 11.5 Å². The monoisotopic (exact) mass is 185 g/mol. The number of amides is 2. The van der Waals surface area contributed by atoms with Crippen LogP contribution in [0.4, 0.5) is 0 Å². The Balaban J connectivity index is 2.42. The van der Waals surface area contributed by atoms with E-state index in [1.165, 1.54) is 0 Å². The summed E-state index contributed by atoms with van der Waals surface area (Å²) in [6, 6.07) is -0.734. The second-order valence-corrected chi connectivity index (χ2v) is 3.31. The Hall–Kier alpha value is -1.10. The molecule has 1 saturated heterocycles. The van der Waals surface area contributed by atoms with E-state index in [-0.39, 0.29) is 12.5 Å². The third-order valence-electron chi connectivity index (χ3n) is 2.20. The van der Waals surface area contributed by atoms with Crippen molar-refractivity contribution in [3.63, 3.8) is 0 Å². The van der Waals surface area contributed by atoms with E-state index >= 15 is 0 Å². The standard InChI is InChI=1S/C8H15N3O2/c9-6(8(10)13)5-11-4-2-1-3-7(11)12/h6H,1-5,9H2,(H2,10,13). The summed E-state index contributed by atoms with van der Waals surface area (Å²) >= 11 is 0. The van der Waals surface area contributed by atoms with Gasteiger partial charge in [0.15, 0.2) is 0 Å². The van der Waals surface area contributed by atoms with Gasteiger partial charge >= 0.3 is 0 Å². The largest absolute Gasteiger partial charge is 0.368 e. The summed E-state index contributed by atoms with van der Waals surface area (Å²) in [6.45, 7) is 0.952. The van der Waals surface area contributed by atoms with Gasteiger partial charge < -0.3 is 16.4 Å². The SMILES string of the molecule is NC(=O)C(N)CN1CCCCC1=O. The fraction of sp³-hybridized carbons (Fsp3) is 0.750. The molecule has 5 heteroatoms. The Morgan fingerprint density at radius 1 is 1.54 bits per heavy atom. The summed E-state index contributed by atoms with van der Waals surface area (Å²) in [4.78, 5) is 23.5. The van der Waals surface area contributed by atoms with Gasteiger partial charge in [-0.15, -0.1) is 0 Å². The van der Waals surface area contributed by atoms with Crippen LogP contribution in [0.2, 0.25) is 0 Å². The molecule has 13 heavy (non-hydrogen) atoms. The fourth-order valence-electron chi connectivity index (χ4n) is 1.38. The molecule has 0 aromatic carbocycles. The Bertz CT molecular complexity index is 217. The lowest BCUT2D eigenvalue weighted by atomic mass is 10.1. The molecule has 1 unspecified atom stereocenters. The van der Waals surface area contributed by atoms with Crippen molar-refractivity contribution in [1.82, 2.24) is 4.90 Å². The molecular formula is C8H15N3O2. The molecule has 0 spiro atoms. The number of carbonyl (C=O) groups is 2. The molecule has 1 fully saturated rings. The molecule has 4 N–H and O–H groups in total. The molecule has 74 valence electrons. The molecule has 5 nitrogen and oxygen atoms in total. The summed E-state index contributed by atoms with van der Waals surface area (Å²) < 4.78 is 0. The normalized spacial score (nSPS) is 20.1. The molecule has 1 atom stereocenters. The maximum atomic E-state index is 11.3. The number of nitrogens with two attached hydrogens (primary N) is 2. The minimum absolute atomic E-state index is 0.0722. The van der Waals surface area contributed by atoms with Gasteiger partial charge in [0.05, 0.1) is 0 Å². The molecule has 0 aliphatic carbocycles. The summed E-state index contributed by atoms with van der Waals surface area (Å²) in [6.07, 6.45) is 2.48. The number of carbonyl (C=O) groups excluding carboxylic acids is 2. The van der Waals surface area contributed by atoms with Gasteiger partial charge in [0.2, 0.25) is 11.8 Å². The first kappa shape index (κ1) is 9.98. The number of hydrogen-bond donors (Lipinski definition) is 2. The number of primary amides is 1. The van der Waals surface area contributed by atoms with Crippen LogP contribution < -0.4 is 11.5 Å². The smallest absolute Gasteiger partial charge is 0.236 e. The molecule has 1 heterocycles. The lowest BCUT2D eigenvalue weighted by Crippen LogP contribution is -2.49. The quantitative estimate of drug-likeness (QED) is 0.579. The summed E-state index contributed by atoms with van der Waals surface area (Å²) in [7, 11) is 0. The Labute approximate surface area is 77.1 Å². The second kappa shape index (κ2) is 4.23. The lowest BCUT2D eigenvalue weighted by molar-refractivity contribution is -0.134. The van der Waals surface area contributed by atoms with Crippen molar-refractivity contribution in [2.45, 2.75) is 25.3 Å². The third kappa shape index (κ3) is 2.69. The van der Waals surface area contributed by atoms with Gasteiger partial charge in [-0.1, -0.05) is 0 Å². The zero-order chi connectivity index (χ0) is 9.84. The first-order chi connectivity index (χ1) is 6.11. The summed E-state index contributed by atoms with van der Waals surface area (Å²) in [5.41, 5.74) is 10.4. The van der Waals surface area contributed by atoms with Gasteiger partial charge in [0, 0.05) is 19.5 Å². The highest BCUT2D eigenvalue weighted by Crippen LogP contribution is 2.10. The van der Waals surface area contributed by atoms with E-state index in [1.54, 1.807) is 4.90 Å². The topological polar surface area (TPSA) is 89.4 Å². The van der Waals surface area contributed by atoms with Crippen LogP contribution in [0.5, 0.6) is 0 Å². The van der Waals surface area contributed by atoms with Crippen LogP contribution in [0.25, 0.3) is 0 Å². The molecule has 0 saturated carbocycles. The predicted molar refractivity (Wildman–Crippen MR) is 47.6 cm³/mol. The van der Waals surface area contributed by atoms with Crippen LogP contribution >= 0.6 is 0 Å². The maximum Gasteiger partial charge on any atom is 0.236 e. The van der Waals surface area contributed by atoms with Crippen molar-refractivity contribution in [2.75, 3.05) is 13.1 Å². The molecule has 0 bridgehead atoms. The van der Waals surface area contributed by atoms with Gasteiger partial charge in [-0.25, -0.2) is 0 Å². The highest BCUT2D eigenvalue weighted by molar-refractivity contribution is 5.82. The van der Waals surface area contributed by atoms with Crippen molar-refractivity contribution >= 4 is 11.8 Å². The molecule has 1 aliphatic rings. The van der Waals surface area contributed by atoms with Crippen LogP contribution in [0.15, 0.2) is 0 Å². The molecular weight excluding hydrogens is 170 g/mol. The number of piperidine rings is 1. The molecule has 0 radical (unpaired) electrons. The zero-order valence-corrected chi connectivity index (χ0v) is 7.53. The minimum Gasteiger partial charge on any atom is -0.368 e. The van der Waals surface area contributed by atoms with E-state index in [2.05, 4.69) is 0 Å². The van der Waals surface area contributed by atoms with Crippen LogP contribution in [0.3, 0.4) is 0 Å². The second-order valence-electron chi connectivity index (χ2n) is 3.31. The van der Waals surface area contributed by atoms with E-state index in [0.717, 1.165) is 12.8 Å². The highest BCUT2D eigenvalue weighted by atomic mass is 16.2. The number of rotatable bonds is 3. The summed E-state index contributed by atoms with van der Waals surface area (Å²) in [5, 5.41) is 0. The van der Waals surface area contributed by atoms with Crippen molar-refractivity contribution < 1.29 is 9.59 Å². The van der Waals surface area contributed by atoms with Crippen molar-refractivity contribution in [1.29, 1.82) is 0 Å². The van der Waals surface area contributed by atoms with E-state index in [0.29, 0.717) is 13.0 Å². The first-order valence-corrected chi connectivity index (χ1v) is 4.44.